The Morgan fingerprint density at radius 1 is 1.33 bits per heavy atom. The second-order valence-electron chi connectivity index (χ2n) is 6.18. The summed E-state index contributed by atoms with van der Waals surface area (Å²) in [4.78, 5) is 23.2. The van der Waals surface area contributed by atoms with E-state index in [2.05, 4.69) is 4.74 Å². The molecule has 3 unspecified atom stereocenters. The molecule has 1 saturated carbocycles. The second-order valence-corrected chi connectivity index (χ2v) is 9.16. The zero-order valence-corrected chi connectivity index (χ0v) is 14.8. The lowest BCUT2D eigenvalue weighted by atomic mass is 9.85. The van der Waals surface area contributed by atoms with E-state index in [1.165, 1.54) is 22.9 Å². The Morgan fingerprint density at radius 2 is 2.04 bits per heavy atom. The molecule has 1 aromatic heterocycles. The van der Waals surface area contributed by atoms with Gasteiger partial charge in [0.1, 0.15) is 10.3 Å². The van der Waals surface area contributed by atoms with Gasteiger partial charge in [-0.3, -0.25) is 4.79 Å². The zero-order chi connectivity index (χ0) is 17.5. The van der Waals surface area contributed by atoms with Crippen molar-refractivity contribution < 1.29 is 27.9 Å². The van der Waals surface area contributed by atoms with Gasteiger partial charge in [-0.1, -0.05) is 12.8 Å². The molecule has 132 valence electrons. The third-order valence-corrected chi connectivity index (χ3v) is 8.19. The van der Waals surface area contributed by atoms with Gasteiger partial charge in [-0.05, 0) is 31.2 Å². The number of esters is 1. The molecule has 0 amide bonds. The topological polar surface area (TPSA) is 101 Å². The standard InChI is InChI=1S/C15H19NO6S2/c1-22-15(19)10-7-13(23-8-10)24(20,21)16-11-5-3-2-4-9(11)6-12(16)14(17)18/h7-9,11-12H,2-6H2,1H3,(H,17,18). The van der Waals surface area contributed by atoms with E-state index in [0.717, 1.165) is 30.6 Å². The van der Waals surface area contributed by atoms with Crippen LogP contribution in [0.5, 0.6) is 0 Å². The largest absolute Gasteiger partial charge is 0.480 e. The molecule has 3 rings (SSSR count). The fraction of sp³-hybridized carbons (Fsp3) is 0.600. The average Bonchev–Trinajstić information content (AvgIpc) is 3.19. The smallest absolute Gasteiger partial charge is 0.338 e. The highest BCUT2D eigenvalue weighted by Crippen LogP contribution is 2.43. The second kappa shape index (κ2) is 6.45. The van der Waals surface area contributed by atoms with E-state index in [1.807, 2.05) is 0 Å². The van der Waals surface area contributed by atoms with Crippen LogP contribution in [0.15, 0.2) is 15.7 Å². The first-order valence-electron chi connectivity index (χ1n) is 7.79. The molecule has 9 heteroatoms. The summed E-state index contributed by atoms with van der Waals surface area (Å²) in [7, 11) is -2.74. The molecule has 1 aliphatic heterocycles. The summed E-state index contributed by atoms with van der Waals surface area (Å²) in [6, 6.07) is -0.0405. The molecule has 1 saturated heterocycles. The van der Waals surface area contributed by atoms with Crippen molar-refractivity contribution in [3.8, 4) is 0 Å². The van der Waals surface area contributed by atoms with Crippen molar-refractivity contribution in [3.63, 3.8) is 0 Å². The van der Waals surface area contributed by atoms with E-state index in [1.54, 1.807) is 0 Å². The van der Waals surface area contributed by atoms with Crippen molar-refractivity contribution in [3.05, 3.63) is 17.0 Å². The lowest BCUT2D eigenvalue weighted by molar-refractivity contribution is -0.141. The van der Waals surface area contributed by atoms with Crippen LogP contribution in [0.25, 0.3) is 0 Å². The lowest BCUT2D eigenvalue weighted by Gasteiger charge is -2.31. The van der Waals surface area contributed by atoms with E-state index < -0.39 is 28.0 Å². The van der Waals surface area contributed by atoms with Crippen LogP contribution in [0, 0.1) is 5.92 Å². The predicted molar refractivity (Wildman–Crippen MR) is 86.5 cm³/mol. The first-order chi connectivity index (χ1) is 11.4. The number of carboxylic acid groups (broad SMARTS) is 1. The number of thiophene rings is 1. The van der Waals surface area contributed by atoms with Crippen molar-refractivity contribution in [2.75, 3.05) is 7.11 Å². The Labute approximate surface area is 144 Å². The normalized spacial score (nSPS) is 27.6. The van der Waals surface area contributed by atoms with Crippen molar-refractivity contribution >= 4 is 33.3 Å². The number of ether oxygens (including phenoxy) is 1. The third-order valence-electron chi connectivity index (χ3n) is 4.84. The fourth-order valence-corrected chi connectivity index (χ4v) is 6.88. The van der Waals surface area contributed by atoms with Gasteiger partial charge in [0.25, 0.3) is 10.0 Å². The quantitative estimate of drug-likeness (QED) is 0.810. The maximum absolute atomic E-state index is 13.0. The molecule has 2 fully saturated rings. The Balaban J connectivity index is 1.98. The Kier molecular flexibility index (Phi) is 4.67. The summed E-state index contributed by atoms with van der Waals surface area (Å²) in [5.41, 5.74) is 0.160. The van der Waals surface area contributed by atoms with Gasteiger partial charge >= 0.3 is 11.9 Å². The van der Waals surface area contributed by atoms with Crippen LogP contribution in [0.2, 0.25) is 0 Å². The van der Waals surface area contributed by atoms with Crippen molar-refractivity contribution in [1.29, 1.82) is 0 Å². The van der Waals surface area contributed by atoms with Crippen LogP contribution in [0.3, 0.4) is 0 Å². The van der Waals surface area contributed by atoms with Gasteiger partial charge < -0.3 is 9.84 Å². The molecule has 1 aliphatic carbocycles. The molecule has 2 heterocycles. The summed E-state index contributed by atoms with van der Waals surface area (Å²) in [6.07, 6.45) is 3.81. The number of carbonyl (C=O) groups excluding carboxylic acids is 1. The van der Waals surface area contributed by atoms with Crippen LogP contribution in [-0.4, -0.2) is 49.0 Å². The van der Waals surface area contributed by atoms with E-state index >= 15 is 0 Å². The molecule has 1 aromatic rings. The number of hydrogen-bond donors (Lipinski definition) is 1. The first kappa shape index (κ1) is 17.4. The Morgan fingerprint density at radius 3 is 2.71 bits per heavy atom. The lowest BCUT2D eigenvalue weighted by Crippen LogP contribution is -2.45. The van der Waals surface area contributed by atoms with Crippen LogP contribution < -0.4 is 0 Å². The van der Waals surface area contributed by atoms with Gasteiger partial charge in [0.15, 0.2) is 0 Å². The Bertz CT molecular complexity index is 756. The SMILES string of the molecule is COC(=O)c1csc(S(=O)(=O)N2C(C(=O)O)CC3CCCCC32)c1. The molecule has 0 radical (unpaired) electrons. The Hall–Kier alpha value is -1.45. The highest BCUT2D eigenvalue weighted by atomic mass is 32.2. The number of aliphatic carboxylic acids is 1. The summed E-state index contributed by atoms with van der Waals surface area (Å²) in [6.45, 7) is 0. The van der Waals surface area contributed by atoms with Crippen molar-refractivity contribution in [1.82, 2.24) is 4.31 Å². The zero-order valence-electron chi connectivity index (χ0n) is 13.2. The molecule has 0 aromatic carbocycles. The number of carboxylic acids is 1. The monoisotopic (exact) mass is 373 g/mol. The molecule has 2 aliphatic rings. The summed E-state index contributed by atoms with van der Waals surface area (Å²) >= 11 is 0.917. The first-order valence-corrected chi connectivity index (χ1v) is 10.1. The molecule has 0 bridgehead atoms. The number of hydrogen-bond acceptors (Lipinski definition) is 6. The molecule has 1 N–H and O–H groups in total. The van der Waals surface area contributed by atoms with Crippen molar-refractivity contribution in [2.24, 2.45) is 5.92 Å². The molecule has 7 nitrogen and oxygen atoms in total. The van der Waals surface area contributed by atoms with Gasteiger partial charge in [-0.25, -0.2) is 13.2 Å². The van der Waals surface area contributed by atoms with E-state index in [4.69, 9.17) is 0 Å². The number of rotatable bonds is 4. The van der Waals surface area contributed by atoms with Gasteiger partial charge in [0.05, 0.1) is 12.7 Å². The molecule has 24 heavy (non-hydrogen) atoms. The molecule has 3 atom stereocenters. The minimum absolute atomic E-state index is 0.0135. The fourth-order valence-electron chi connectivity index (χ4n) is 3.76. The predicted octanol–water partition coefficient (Wildman–Crippen LogP) is 1.94. The number of carbonyl (C=O) groups is 2. The molecular weight excluding hydrogens is 354 g/mol. The summed E-state index contributed by atoms with van der Waals surface area (Å²) < 4.78 is 31.9. The highest BCUT2D eigenvalue weighted by Gasteiger charge is 2.51. The van der Waals surface area contributed by atoms with Crippen LogP contribution in [-0.2, 0) is 19.6 Å². The number of sulfonamides is 1. The average molecular weight is 373 g/mol. The number of fused-ring (bicyclic) bond motifs is 1. The summed E-state index contributed by atoms with van der Waals surface area (Å²) in [5.74, 6) is -1.63. The number of nitrogens with zero attached hydrogens (tertiary/aromatic N) is 1. The van der Waals surface area contributed by atoms with Gasteiger partial charge in [0, 0.05) is 11.4 Å². The number of methoxy groups -OCH3 is 1. The van der Waals surface area contributed by atoms with Crippen LogP contribution in [0.4, 0.5) is 0 Å². The van der Waals surface area contributed by atoms with Crippen molar-refractivity contribution in [2.45, 2.75) is 48.4 Å². The summed E-state index contributed by atoms with van der Waals surface area (Å²) in [5, 5.41) is 10.9. The van der Waals surface area contributed by atoms with E-state index in [9.17, 15) is 23.1 Å². The maximum atomic E-state index is 13.0. The van der Waals surface area contributed by atoms with Gasteiger partial charge in [-0.2, -0.15) is 4.31 Å². The maximum Gasteiger partial charge on any atom is 0.338 e. The minimum atomic E-state index is -3.96. The third kappa shape index (κ3) is 2.84. The van der Waals surface area contributed by atoms with Gasteiger partial charge in [-0.15, -0.1) is 11.3 Å². The van der Waals surface area contributed by atoms with Gasteiger partial charge in [0.2, 0.25) is 0 Å². The van der Waals surface area contributed by atoms with E-state index in [0.29, 0.717) is 12.8 Å². The molecular formula is C15H19NO6S2. The van der Waals surface area contributed by atoms with E-state index in [-0.39, 0.29) is 21.7 Å². The highest BCUT2D eigenvalue weighted by molar-refractivity contribution is 7.91. The molecule has 0 spiro atoms. The minimum Gasteiger partial charge on any atom is -0.480 e. The van der Waals surface area contributed by atoms with Crippen LogP contribution in [0.1, 0.15) is 42.5 Å². The van der Waals surface area contributed by atoms with Crippen LogP contribution >= 0.6 is 11.3 Å².